The van der Waals surface area contributed by atoms with Crippen LogP contribution in [0.3, 0.4) is 0 Å². The smallest absolute Gasteiger partial charge is 0.306 e. The van der Waals surface area contributed by atoms with Crippen LogP contribution in [0.5, 0.6) is 0 Å². The number of allylic oxidation sites excluding steroid dienone is 4. The van der Waals surface area contributed by atoms with E-state index in [1.807, 2.05) is 6.08 Å². The fraction of sp³-hybridized carbons (Fsp3) is 0.739. The Kier molecular flexibility index (Phi) is 2.73. The number of ether oxygens (including phenoxy) is 1. The molecule has 26 heavy (non-hydrogen) atoms. The topological polar surface area (TPSA) is 43.4 Å². The summed E-state index contributed by atoms with van der Waals surface area (Å²) in [4.78, 5) is 24.0. The Morgan fingerprint density at radius 1 is 1.08 bits per heavy atom. The van der Waals surface area contributed by atoms with Gasteiger partial charge in [0.05, 0.1) is 0 Å². The van der Waals surface area contributed by atoms with Gasteiger partial charge in [-0.15, -0.1) is 0 Å². The van der Waals surface area contributed by atoms with Crippen molar-refractivity contribution >= 4 is 11.8 Å². The molecule has 0 radical (unpaired) electrons. The van der Waals surface area contributed by atoms with Crippen LogP contribution in [0.2, 0.25) is 0 Å². The molecule has 0 N–H and O–H groups in total. The van der Waals surface area contributed by atoms with Crippen molar-refractivity contribution in [3.63, 3.8) is 0 Å². The molecule has 1 saturated heterocycles. The van der Waals surface area contributed by atoms with Crippen molar-refractivity contribution in [1.82, 2.24) is 0 Å². The van der Waals surface area contributed by atoms with Gasteiger partial charge in [0.2, 0.25) is 0 Å². The average Bonchev–Trinajstić information content (AvgIpc) is 3.24. The zero-order valence-corrected chi connectivity index (χ0v) is 15.8. The number of hydrogen-bond donors (Lipinski definition) is 0. The summed E-state index contributed by atoms with van der Waals surface area (Å²) in [6, 6.07) is 0. The molecule has 0 aromatic carbocycles. The van der Waals surface area contributed by atoms with Crippen molar-refractivity contribution in [3.05, 3.63) is 23.8 Å². The molecular weight excluding hydrogens is 324 g/mol. The summed E-state index contributed by atoms with van der Waals surface area (Å²) in [5, 5.41) is 0. The predicted octanol–water partition coefficient (Wildman–Crippen LogP) is 4.23. The monoisotopic (exact) mass is 352 g/mol. The molecule has 0 aromatic rings. The fourth-order valence-electron chi connectivity index (χ4n) is 8.36. The highest BCUT2D eigenvalue weighted by atomic mass is 16.6. The van der Waals surface area contributed by atoms with Gasteiger partial charge in [-0.3, -0.25) is 9.59 Å². The van der Waals surface area contributed by atoms with Crippen LogP contribution >= 0.6 is 0 Å². The minimum absolute atomic E-state index is 0.0295. The van der Waals surface area contributed by atoms with E-state index in [1.54, 1.807) is 0 Å². The second-order valence-corrected chi connectivity index (χ2v) is 10.4. The van der Waals surface area contributed by atoms with Crippen LogP contribution in [-0.2, 0) is 14.3 Å². The second-order valence-electron chi connectivity index (χ2n) is 10.4. The van der Waals surface area contributed by atoms with Gasteiger partial charge in [-0.25, -0.2) is 0 Å². The van der Waals surface area contributed by atoms with E-state index in [0.29, 0.717) is 42.3 Å². The molecule has 3 nitrogen and oxygen atoms in total. The van der Waals surface area contributed by atoms with Crippen LogP contribution in [0.15, 0.2) is 23.8 Å². The predicted molar refractivity (Wildman–Crippen MR) is 97.0 cm³/mol. The highest BCUT2D eigenvalue weighted by molar-refractivity contribution is 5.92. The number of carbonyl (C=O) groups is 2. The van der Waals surface area contributed by atoms with Gasteiger partial charge < -0.3 is 4.74 Å². The number of ketones is 1. The lowest BCUT2D eigenvalue weighted by Crippen LogP contribution is -2.56. The number of fused-ring (bicyclic) bond motifs is 9. The maximum absolute atomic E-state index is 12.1. The van der Waals surface area contributed by atoms with E-state index < -0.39 is 0 Å². The number of hydrogen-bond acceptors (Lipinski definition) is 3. The van der Waals surface area contributed by atoms with E-state index >= 15 is 0 Å². The summed E-state index contributed by atoms with van der Waals surface area (Å²) in [5.74, 6) is 3.53. The molecule has 1 spiro atoms. The standard InChI is InChI=1S/C23H28O3/c1-21-8-5-14(24)11-13(21)3-4-15-17(21)6-9-22(2)20(15)16-12-18(16)23(22)10-7-19(25)26-23/h3-4,11,15-18,20H,5-10,12H2,1-2H3/t15-,16-,17+,18+,20+,21+,22+,23-/m1/s1. The van der Waals surface area contributed by atoms with Crippen molar-refractivity contribution in [1.29, 1.82) is 0 Å². The first-order valence-corrected chi connectivity index (χ1v) is 10.5. The van der Waals surface area contributed by atoms with Crippen molar-refractivity contribution in [2.45, 2.75) is 64.4 Å². The van der Waals surface area contributed by atoms with Gasteiger partial charge in [0.15, 0.2) is 5.78 Å². The van der Waals surface area contributed by atoms with Crippen LogP contribution in [0, 0.1) is 40.4 Å². The lowest BCUT2D eigenvalue weighted by Gasteiger charge is -2.58. The zero-order valence-electron chi connectivity index (χ0n) is 15.8. The number of esters is 1. The molecule has 3 heteroatoms. The minimum Gasteiger partial charge on any atom is -0.458 e. The van der Waals surface area contributed by atoms with Gasteiger partial charge in [0.25, 0.3) is 0 Å². The Morgan fingerprint density at radius 3 is 2.69 bits per heavy atom. The molecule has 4 fully saturated rings. The molecule has 0 unspecified atom stereocenters. The summed E-state index contributed by atoms with van der Waals surface area (Å²) in [6.45, 7) is 4.84. The first-order chi connectivity index (χ1) is 12.4. The third-order valence-corrected chi connectivity index (χ3v) is 9.64. The Bertz CT molecular complexity index is 793. The molecule has 1 aliphatic heterocycles. The molecule has 5 aliphatic carbocycles. The van der Waals surface area contributed by atoms with Crippen molar-refractivity contribution < 1.29 is 14.3 Å². The summed E-state index contributed by atoms with van der Waals surface area (Å²) < 4.78 is 6.14. The van der Waals surface area contributed by atoms with Gasteiger partial charge in [-0.2, -0.15) is 0 Å². The van der Waals surface area contributed by atoms with Crippen molar-refractivity contribution in [2.24, 2.45) is 40.4 Å². The molecule has 8 atom stereocenters. The molecule has 0 aromatic heterocycles. The van der Waals surface area contributed by atoms with Crippen molar-refractivity contribution in [2.75, 3.05) is 0 Å². The molecule has 138 valence electrons. The van der Waals surface area contributed by atoms with E-state index in [0.717, 1.165) is 18.8 Å². The van der Waals surface area contributed by atoms with E-state index in [4.69, 9.17) is 4.74 Å². The first kappa shape index (κ1) is 15.7. The summed E-state index contributed by atoms with van der Waals surface area (Å²) in [7, 11) is 0. The van der Waals surface area contributed by atoms with Crippen LogP contribution in [-0.4, -0.2) is 17.4 Å². The molecule has 1 heterocycles. The lowest BCUT2D eigenvalue weighted by atomic mass is 9.47. The zero-order chi connectivity index (χ0) is 17.9. The van der Waals surface area contributed by atoms with Crippen LogP contribution in [0.25, 0.3) is 0 Å². The largest absolute Gasteiger partial charge is 0.458 e. The third-order valence-electron chi connectivity index (χ3n) is 9.64. The Labute approximate surface area is 155 Å². The number of carbonyl (C=O) groups excluding carboxylic acids is 2. The highest BCUT2D eigenvalue weighted by Crippen LogP contribution is 2.78. The second kappa shape index (κ2) is 4.54. The van der Waals surface area contributed by atoms with Crippen LogP contribution in [0.1, 0.15) is 58.8 Å². The maximum Gasteiger partial charge on any atom is 0.306 e. The fourth-order valence-corrected chi connectivity index (χ4v) is 8.36. The SMILES string of the molecule is C[C@]12CCC(=O)C=C1C=C[C@H]1[C@H]3[C@@H]4C[C@@H]4[C@]4(CCC(=O)O4)[C@@]3(C)CC[C@@H]12. The Balaban J connectivity index is 1.44. The molecule has 6 aliphatic rings. The molecular formula is C23H28O3. The van der Waals surface area contributed by atoms with Gasteiger partial charge >= 0.3 is 5.97 Å². The quantitative estimate of drug-likeness (QED) is 0.613. The maximum atomic E-state index is 12.1. The van der Waals surface area contributed by atoms with Crippen LogP contribution < -0.4 is 0 Å². The van der Waals surface area contributed by atoms with Gasteiger partial charge in [-0.05, 0) is 72.8 Å². The Hall–Kier alpha value is -1.38. The average molecular weight is 352 g/mol. The summed E-state index contributed by atoms with van der Waals surface area (Å²) in [5.41, 5.74) is 1.39. The normalized spacial score (nSPS) is 56.4. The minimum atomic E-state index is -0.169. The third kappa shape index (κ3) is 1.59. The number of rotatable bonds is 0. The van der Waals surface area contributed by atoms with Gasteiger partial charge in [-0.1, -0.05) is 26.0 Å². The highest BCUT2D eigenvalue weighted by Gasteiger charge is 2.78. The van der Waals surface area contributed by atoms with E-state index in [9.17, 15) is 9.59 Å². The van der Waals surface area contributed by atoms with E-state index in [2.05, 4.69) is 26.0 Å². The van der Waals surface area contributed by atoms with Crippen LogP contribution in [0.4, 0.5) is 0 Å². The lowest BCUT2D eigenvalue weighted by molar-refractivity contribution is -0.172. The molecule has 3 saturated carbocycles. The summed E-state index contributed by atoms with van der Waals surface area (Å²) in [6.07, 6.45) is 13.5. The van der Waals surface area contributed by atoms with Gasteiger partial charge in [0.1, 0.15) is 5.60 Å². The van der Waals surface area contributed by atoms with Gasteiger partial charge in [0, 0.05) is 24.2 Å². The van der Waals surface area contributed by atoms with Crippen molar-refractivity contribution in [3.8, 4) is 0 Å². The molecule has 0 amide bonds. The Morgan fingerprint density at radius 2 is 1.92 bits per heavy atom. The molecule has 0 bridgehead atoms. The van der Waals surface area contributed by atoms with E-state index in [1.165, 1.54) is 24.8 Å². The molecule has 6 rings (SSSR count). The summed E-state index contributed by atoms with van der Waals surface area (Å²) >= 11 is 0. The van der Waals surface area contributed by atoms with E-state index in [-0.39, 0.29) is 22.4 Å². The first-order valence-electron chi connectivity index (χ1n) is 10.5.